The summed E-state index contributed by atoms with van der Waals surface area (Å²) in [5, 5.41) is 0. The van der Waals surface area contributed by atoms with Gasteiger partial charge in [0.25, 0.3) is 0 Å². The van der Waals surface area contributed by atoms with Crippen LogP contribution in [0.4, 0.5) is 5.69 Å². The number of amides is 1. The predicted molar refractivity (Wildman–Crippen MR) is 89.7 cm³/mol. The molecule has 1 atom stereocenters. The molecule has 1 amide bonds. The second-order valence-electron chi connectivity index (χ2n) is 5.12. The van der Waals surface area contributed by atoms with Gasteiger partial charge in [-0.05, 0) is 35.7 Å². The minimum absolute atomic E-state index is 0. The zero-order chi connectivity index (χ0) is 14.8. The van der Waals surface area contributed by atoms with Crippen LogP contribution in [-0.2, 0) is 11.2 Å². The van der Waals surface area contributed by atoms with Crippen LogP contribution in [0.5, 0.6) is 5.75 Å². The number of carbonyl (C=O) groups is 1. The fourth-order valence-corrected chi connectivity index (χ4v) is 2.70. The minimum Gasteiger partial charge on any atom is -0.497 e. The van der Waals surface area contributed by atoms with Crippen molar-refractivity contribution in [2.24, 2.45) is 5.73 Å². The molecule has 5 heteroatoms. The Morgan fingerprint density at radius 2 is 1.95 bits per heavy atom. The SMILES string of the molecule is COc1ccc2c(c1)CCN2C(=O)C(N)c1ccccc1.Cl. The average Bonchev–Trinajstić information content (AvgIpc) is 2.97. The van der Waals surface area contributed by atoms with E-state index < -0.39 is 6.04 Å². The van der Waals surface area contributed by atoms with Gasteiger partial charge in [0.05, 0.1) is 7.11 Å². The third-order valence-electron chi connectivity index (χ3n) is 3.87. The maximum absolute atomic E-state index is 12.6. The number of nitrogens with zero attached hydrogens (tertiary/aromatic N) is 1. The molecule has 1 aliphatic heterocycles. The third kappa shape index (κ3) is 2.93. The lowest BCUT2D eigenvalue weighted by Gasteiger charge is -2.22. The number of halogens is 1. The summed E-state index contributed by atoms with van der Waals surface area (Å²) in [5.41, 5.74) is 9.02. The number of fused-ring (bicyclic) bond motifs is 1. The van der Waals surface area contributed by atoms with E-state index in [2.05, 4.69) is 0 Å². The van der Waals surface area contributed by atoms with Crippen LogP contribution >= 0.6 is 12.4 Å². The molecular weight excluding hydrogens is 300 g/mol. The molecule has 0 saturated carbocycles. The van der Waals surface area contributed by atoms with Crippen molar-refractivity contribution < 1.29 is 9.53 Å². The van der Waals surface area contributed by atoms with Crippen LogP contribution in [0.25, 0.3) is 0 Å². The highest BCUT2D eigenvalue weighted by Gasteiger charge is 2.29. The molecule has 0 aliphatic carbocycles. The molecule has 1 unspecified atom stereocenters. The van der Waals surface area contributed by atoms with Crippen molar-refractivity contribution in [3.8, 4) is 5.75 Å². The molecular formula is C17H19ClN2O2. The van der Waals surface area contributed by atoms with E-state index in [4.69, 9.17) is 10.5 Å². The summed E-state index contributed by atoms with van der Waals surface area (Å²) in [6, 6.07) is 14.6. The van der Waals surface area contributed by atoms with Crippen molar-refractivity contribution >= 4 is 24.0 Å². The molecule has 0 spiro atoms. The molecule has 1 heterocycles. The van der Waals surface area contributed by atoms with E-state index in [1.54, 1.807) is 12.0 Å². The largest absolute Gasteiger partial charge is 0.497 e. The van der Waals surface area contributed by atoms with E-state index >= 15 is 0 Å². The van der Waals surface area contributed by atoms with Crippen molar-refractivity contribution in [2.75, 3.05) is 18.6 Å². The Morgan fingerprint density at radius 1 is 1.23 bits per heavy atom. The maximum Gasteiger partial charge on any atom is 0.248 e. The second-order valence-corrected chi connectivity index (χ2v) is 5.12. The smallest absolute Gasteiger partial charge is 0.248 e. The van der Waals surface area contributed by atoms with E-state index in [-0.39, 0.29) is 18.3 Å². The summed E-state index contributed by atoms with van der Waals surface area (Å²) < 4.78 is 5.22. The van der Waals surface area contributed by atoms with Crippen LogP contribution in [0, 0.1) is 0 Å². The number of rotatable bonds is 3. The van der Waals surface area contributed by atoms with Crippen LogP contribution in [-0.4, -0.2) is 19.6 Å². The van der Waals surface area contributed by atoms with Gasteiger partial charge < -0.3 is 15.4 Å². The van der Waals surface area contributed by atoms with Gasteiger partial charge in [0.15, 0.2) is 0 Å². The molecule has 2 N–H and O–H groups in total. The molecule has 3 rings (SSSR count). The topological polar surface area (TPSA) is 55.6 Å². The van der Waals surface area contributed by atoms with Crippen LogP contribution < -0.4 is 15.4 Å². The monoisotopic (exact) mass is 318 g/mol. The summed E-state index contributed by atoms with van der Waals surface area (Å²) >= 11 is 0. The standard InChI is InChI=1S/C17H18N2O2.ClH/c1-21-14-7-8-15-13(11-14)9-10-19(15)17(20)16(18)12-5-3-2-4-6-12;/h2-8,11,16H,9-10,18H2,1H3;1H. The zero-order valence-electron chi connectivity index (χ0n) is 12.4. The molecule has 1 aliphatic rings. The Bertz CT molecular complexity index is 661. The number of anilines is 1. The number of ether oxygens (including phenoxy) is 1. The number of hydrogen-bond acceptors (Lipinski definition) is 3. The fourth-order valence-electron chi connectivity index (χ4n) is 2.70. The highest BCUT2D eigenvalue weighted by atomic mass is 35.5. The van der Waals surface area contributed by atoms with Crippen molar-refractivity contribution in [2.45, 2.75) is 12.5 Å². The Hall–Kier alpha value is -2.04. The normalized spacial score (nSPS) is 14.0. The van der Waals surface area contributed by atoms with Gasteiger partial charge in [-0.2, -0.15) is 0 Å². The average molecular weight is 319 g/mol. The highest BCUT2D eigenvalue weighted by molar-refractivity contribution is 5.99. The van der Waals surface area contributed by atoms with Crippen molar-refractivity contribution in [3.63, 3.8) is 0 Å². The quantitative estimate of drug-likeness (QED) is 0.946. The van der Waals surface area contributed by atoms with E-state index in [1.165, 1.54) is 0 Å². The molecule has 0 bridgehead atoms. The minimum atomic E-state index is -0.626. The molecule has 0 saturated heterocycles. The summed E-state index contributed by atoms with van der Waals surface area (Å²) in [7, 11) is 1.64. The Kier molecular flexibility index (Phi) is 5.06. The van der Waals surface area contributed by atoms with Gasteiger partial charge in [-0.1, -0.05) is 30.3 Å². The Morgan fingerprint density at radius 3 is 2.64 bits per heavy atom. The molecule has 2 aromatic rings. The Balaban J connectivity index is 0.00000176. The van der Waals surface area contributed by atoms with Crippen LogP contribution in [0.3, 0.4) is 0 Å². The molecule has 2 aromatic carbocycles. The van der Waals surface area contributed by atoms with Gasteiger partial charge in [0, 0.05) is 12.2 Å². The van der Waals surface area contributed by atoms with Crippen molar-refractivity contribution in [1.82, 2.24) is 0 Å². The van der Waals surface area contributed by atoms with Crippen molar-refractivity contribution in [3.05, 3.63) is 59.7 Å². The number of nitrogens with two attached hydrogens (primary N) is 1. The highest BCUT2D eigenvalue weighted by Crippen LogP contribution is 2.32. The maximum atomic E-state index is 12.6. The molecule has 0 radical (unpaired) electrons. The molecule has 22 heavy (non-hydrogen) atoms. The van der Waals surface area contributed by atoms with Gasteiger partial charge in [-0.3, -0.25) is 4.79 Å². The number of methoxy groups -OCH3 is 1. The first-order valence-electron chi connectivity index (χ1n) is 6.99. The third-order valence-corrected chi connectivity index (χ3v) is 3.87. The Labute approximate surface area is 136 Å². The number of carbonyl (C=O) groups excluding carboxylic acids is 1. The number of hydrogen-bond donors (Lipinski definition) is 1. The summed E-state index contributed by atoms with van der Waals surface area (Å²) in [6.07, 6.45) is 0.833. The van der Waals surface area contributed by atoms with E-state index in [9.17, 15) is 4.79 Å². The molecule has 116 valence electrons. The van der Waals surface area contributed by atoms with Crippen LogP contribution in [0.1, 0.15) is 17.2 Å². The number of benzene rings is 2. The first-order chi connectivity index (χ1) is 10.2. The zero-order valence-corrected chi connectivity index (χ0v) is 13.2. The summed E-state index contributed by atoms with van der Waals surface area (Å²) in [4.78, 5) is 14.4. The van der Waals surface area contributed by atoms with E-state index in [1.807, 2.05) is 48.5 Å². The lowest BCUT2D eigenvalue weighted by Crippen LogP contribution is -2.37. The van der Waals surface area contributed by atoms with Gasteiger partial charge in [0.1, 0.15) is 11.8 Å². The van der Waals surface area contributed by atoms with Crippen LogP contribution in [0.15, 0.2) is 48.5 Å². The predicted octanol–water partition coefficient (Wildman–Crippen LogP) is 2.71. The second kappa shape index (κ2) is 6.81. The van der Waals surface area contributed by atoms with Gasteiger partial charge in [-0.25, -0.2) is 0 Å². The fraction of sp³-hybridized carbons (Fsp3) is 0.235. The van der Waals surface area contributed by atoms with Gasteiger partial charge >= 0.3 is 0 Å². The molecule has 4 nitrogen and oxygen atoms in total. The van der Waals surface area contributed by atoms with E-state index in [0.717, 1.165) is 29.0 Å². The molecule has 0 aromatic heterocycles. The lowest BCUT2D eigenvalue weighted by atomic mass is 10.1. The summed E-state index contributed by atoms with van der Waals surface area (Å²) in [5.74, 6) is 0.750. The first-order valence-corrected chi connectivity index (χ1v) is 6.99. The summed E-state index contributed by atoms with van der Waals surface area (Å²) in [6.45, 7) is 0.669. The van der Waals surface area contributed by atoms with Crippen LogP contribution in [0.2, 0.25) is 0 Å². The van der Waals surface area contributed by atoms with Gasteiger partial charge in [0.2, 0.25) is 5.91 Å². The van der Waals surface area contributed by atoms with Crippen molar-refractivity contribution in [1.29, 1.82) is 0 Å². The molecule has 0 fully saturated rings. The first kappa shape index (κ1) is 16.3. The van der Waals surface area contributed by atoms with E-state index in [0.29, 0.717) is 6.54 Å². The van der Waals surface area contributed by atoms with Gasteiger partial charge in [-0.15, -0.1) is 12.4 Å². The lowest BCUT2D eigenvalue weighted by molar-refractivity contribution is -0.119.